The van der Waals surface area contributed by atoms with Gasteiger partial charge in [0.05, 0.1) is 6.61 Å². The molecule has 1 N–H and O–H groups in total. The van der Waals surface area contributed by atoms with Crippen LogP contribution in [-0.2, 0) is 11.3 Å². The second-order valence-electron chi connectivity index (χ2n) is 7.06. The zero-order chi connectivity index (χ0) is 21.6. The zero-order valence-electron chi connectivity index (χ0n) is 17.0. The highest BCUT2D eigenvalue weighted by molar-refractivity contribution is 5.98. The van der Waals surface area contributed by atoms with Crippen molar-refractivity contribution in [3.63, 3.8) is 0 Å². The van der Waals surface area contributed by atoms with E-state index in [0.717, 1.165) is 23.4 Å². The van der Waals surface area contributed by atoms with E-state index in [2.05, 4.69) is 5.32 Å². The quantitative estimate of drug-likeness (QED) is 0.729. The predicted octanol–water partition coefficient (Wildman–Crippen LogP) is 3.78. The molecule has 0 saturated carbocycles. The molecule has 2 aromatic carbocycles. The van der Waals surface area contributed by atoms with Crippen LogP contribution in [0.3, 0.4) is 0 Å². The van der Waals surface area contributed by atoms with Crippen LogP contribution in [0.1, 0.15) is 36.7 Å². The summed E-state index contributed by atoms with van der Waals surface area (Å²) in [5.74, 6) is -2.78. The van der Waals surface area contributed by atoms with Crippen molar-refractivity contribution in [2.75, 3.05) is 13.7 Å². The monoisotopic (exact) mass is 404 g/mol. The van der Waals surface area contributed by atoms with Crippen LogP contribution < -0.4 is 10.1 Å². The van der Waals surface area contributed by atoms with Crippen LogP contribution in [0.4, 0.5) is 8.78 Å². The molecule has 0 aromatic heterocycles. The molecule has 2 rings (SSSR count). The molecule has 0 aliphatic carbocycles. The second-order valence-corrected chi connectivity index (χ2v) is 7.06. The normalized spacial score (nSPS) is 11.8. The Labute approximate surface area is 169 Å². The molecule has 1 unspecified atom stereocenters. The first-order valence-electron chi connectivity index (χ1n) is 9.46. The smallest absolute Gasteiger partial charge is 0.257 e. The summed E-state index contributed by atoms with van der Waals surface area (Å²) in [5, 5.41) is 2.48. The Balaban J connectivity index is 2.10. The third kappa shape index (κ3) is 5.76. The van der Waals surface area contributed by atoms with E-state index in [1.54, 1.807) is 20.9 Å². The SMILES string of the molecule is CCOc1ccc(CN(C)C(=O)C(NC(=O)c2c(F)cccc2F)C(C)C)cc1. The number of amides is 2. The Morgan fingerprint density at radius 1 is 1.07 bits per heavy atom. The highest BCUT2D eigenvalue weighted by Crippen LogP contribution is 2.16. The van der Waals surface area contributed by atoms with Crippen molar-refractivity contribution in [3.05, 3.63) is 65.2 Å². The Morgan fingerprint density at radius 2 is 1.66 bits per heavy atom. The van der Waals surface area contributed by atoms with Crippen molar-refractivity contribution in [2.45, 2.75) is 33.4 Å². The molecule has 0 fully saturated rings. The van der Waals surface area contributed by atoms with Crippen LogP contribution in [0.25, 0.3) is 0 Å². The van der Waals surface area contributed by atoms with Crippen LogP contribution in [0, 0.1) is 17.6 Å². The first-order valence-corrected chi connectivity index (χ1v) is 9.46. The minimum Gasteiger partial charge on any atom is -0.494 e. The van der Waals surface area contributed by atoms with Crippen LogP contribution in [-0.4, -0.2) is 36.4 Å². The van der Waals surface area contributed by atoms with Crippen molar-refractivity contribution in [2.24, 2.45) is 5.92 Å². The number of hydrogen-bond donors (Lipinski definition) is 1. The molecule has 0 bridgehead atoms. The largest absolute Gasteiger partial charge is 0.494 e. The zero-order valence-corrected chi connectivity index (χ0v) is 17.0. The van der Waals surface area contributed by atoms with E-state index in [-0.39, 0.29) is 11.8 Å². The van der Waals surface area contributed by atoms with Crippen molar-refractivity contribution in [3.8, 4) is 5.75 Å². The number of carbonyl (C=O) groups excluding carboxylic acids is 2. The molecular weight excluding hydrogens is 378 g/mol. The summed E-state index contributed by atoms with van der Waals surface area (Å²) in [5.41, 5.74) is 0.193. The lowest BCUT2D eigenvalue weighted by molar-refractivity contribution is -0.133. The minimum atomic E-state index is -0.972. The van der Waals surface area contributed by atoms with E-state index in [1.165, 1.54) is 11.0 Å². The van der Waals surface area contributed by atoms with Gasteiger partial charge in [-0.3, -0.25) is 9.59 Å². The van der Waals surface area contributed by atoms with Gasteiger partial charge in [-0.1, -0.05) is 32.0 Å². The Bertz CT molecular complexity index is 833. The Morgan fingerprint density at radius 3 is 2.17 bits per heavy atom. The molecule has 0 radical (unpaired) electrons. The maximum Gasteiger partial charge on any atom is 0.257 e. The van der Waals surface area contributed by atoms with Crippen molar-refractivity contribution < 1.29 is 23.1 Å². The van der Waals surface area contributed by atoms with Gasteiger partial charge < -0.3 is 15.0 Å². The average molecular weight is 404 g/mol. The third-order valence-corrected chi connectivity index (χ3v) is 4.44. The molecule has 0 aliphatic rings. The number of nitrogens with one attached hydrogen (secondary N) is 1. The summed E-state index contributed by atoms with van der Waals surface area (Å²) in [6.07, 6.45) is 0. The summed E-state index contributed by atoms with van der Waals surface area (Å²) in [4.78, 5) is 26.8. The number of ether oxygens (including phenoxy) is 1. The number of nitrogens with zero attached hydrogens (tertiary/aromatic N) is 1. The first kappa shape index (κ1) is 22.3. The molecule has 5 nitrogen and oxygen atoms in total. The highest BCUT2D eigenvalue weighted by atomic mass is 19.1. The molecule has 156 valence electrons. The number of likely N-dealkylation sites (N-methyl/N-ethyl adjacent to an activating group) is 1. The van der Waals surface area contributed by atoms with Gasteiger partial charge in [-0.05, 0) is 42.7 Å². The van der Waals surface area contributed by atoms with Gasteiger partial charge in [-0.2, -0.15) is 0 Å². The van der Waals surface area contributed by atoms with Gasteiger partial charge >= 0.3 is 0 Å². The molecule has 0 aliphatic heterocycles. The fourth-order valence-corrected chi connectivity index (χ4v) is 2.89. The molecule has 0 heterocycles. The average Bonchev–Trinajstić information content (AvgIpc) is 2.67. The molecule has 2 amide bonds. The van der Waals surface area contributed by atoms with Crippen LogP contribution in [0.2, 0.25) is 0 Å². The van der Waals surface area contributed by atoms with E-state index in [9.17, 15) is 18.4 Å². The topological polar surface area (TPSA) is 58.6 Å². The second kappa shape index (κ2) is 10.0. The van der Waals surface area contributed by atoms with Gasteiger partial charge in [0.1, 0.15) is 29.0 Å². The molecule has 29 heavy (non-hydrogen) atoms. The standard InChI is InChI=1S/C22H26F2N2O3/c1-5-29-16-11-9-15(10-12-16)13-26(4)22(28)20(14(2)3)25-21(27)19-17(23)7-6-8-18(19)24/h6-12,14,20H,5,13H2,1-4H3,(H,25,27). The number of hydrogen-bond acceptors (Lipinski definition) is 3. The first-order chi connectivity index (χ1) is 13.7. The van der Waals surface area contributed by atoms with Crippen LogP contribution >= 0.6 is 0 Å². The van der Waals surface area contributed by atoms with Gasteiger partial charge in [-0.25, -0.2) is 8.78 Å². The van der Waals surface area contributed by atoms with Gasteiger partial charge in [0.15, 0.2) is 0 Å². The van der Waals surface area contributed by atoms with E-state index >= 15 is 0 Å². The van der Waals surface area contributed by atoms with E-state index in [0.29, 0.717) is 13.2 Å². The Kier molecular flexibility index (Phi) is 7.70. The lowest BCUT2D eigenvalue weighted by Gasteiger charge is -2.27. The summed E-state index contributed by atoms with van der Waals surface area (Å²) >= 11 is 0. The van der Waals surface area contributed by atoms with Crippen LogP contribution in [0.15, 0.2) is 42.5 Å². The maximum absolute atomic E-state index is 13.9. The number of carbonyl (C=O) groups is 2. The summed E-state index contributed by atoms with van der Waals surface area (Å²) < 4.78 is 33.2. The van der Waals surface area contributed by atoms with Crippen LogP contribution in [0.5, 0.6) is 5.75 Å². The van der Waals surface area contributed by atoms with Crippen molar-refractivity contribution >= 4 is 11.8 Å². The highest BCUT2D eigenvalue weighted by Gasteiger charge is 2.29. The summed E-state index contributed by atoms with van der Waals surface area (Å²) in [6, 6.07) is 9.61. The molecule has 2 aromatic rings. The predicted molar refractivity (Wildman–Crippen MR) is 107 cm³/mol. The number of benzene rings is 2. The van der Waals surface area contributed by atoms with E-state index < -0.39 is 29.1 Å². The fraction of sp³-hybridized carbons (Fsp3) is 0.364. The van der Waals surface area contributed by atoms with E-state index in [4.69, 9.17) is 4.74 Å². The lowest BCUT2D eigenvalue weighted by Crippen LogP contribution is -2.50. The minimum absolute atomic E-state index is 0.274. The van der Waals surface area contributed by atoms with E-state index in [1.807, 2.05) is 31.2 Å². The number of rotatable bonds is 8. The molecule has 1 atom stereocenters. The van der Waals surface area contributed by atoms with Crippen molar-refractivity contribution in [1.82, 2.24) is 10.2 Å². The number of halogens is 2. The molecule has 0 saturated heterocycles. The molecule has 0 spiro atoms. The summed E-state index contributed by atoms with van der Waals surface area (Å²) in [6.45, 7) is 6.29. The van der Waals surface area contributed by atoms with Gasteiger partial charge in [0.25, 0.3) is 5.91 Å². The molecule has 7 heteroatoms. The fourth-order valence-electron chi connectivity index (χ4n) is 2.89. The van der Waals surface area contributed by atoms with Crippen molar-refractivity contribution in [1.29, 1.82) is 0 Å². The third-order valence-electron chi connectivity index (χ3n) is 4.44. The van der Waals surface area contributed by atoms with Gasteiger partial charge in [0.2, 0.25) is 5.91 Å². The van der Waals surface area contributed by atoms with Gasteiger partial charge in [-0.15, -0.1) is 0 Å². The molecular formula is C22H26F2N2O3. The lowest BCUT2D eigenvalue weighted by atomic mass is 10.0. The maximum atomic E-state index is 13.9. The summed E-state index contributed by atoms with van der Waals surface area (Å²) in [7, 11) is 1.62. The Hall–Kier alpha value is -2.96. The van der Waals surface area contributed by atoms with Gasteiger partial charge in [0, 0.05) is 13.6 Å².